The number of carbonyl (C=O) groups excluding carboxylic acids is 6. The number of nitrogens with zero attached hydrogens (tertiary/aromatic N) is 6. The Kier molecular flexibility index (Phi) is 17.4. The smallest absolute Gasteiger partial charge is 0.260 e. The largest absolute Gasteiger partial charge is 0.497 e. The molecule has 0 spiro atoms. The second-order valence-corrected chi connectivity index (χ2v) is 20.5. The number of nitrogens with one attached hydrogen (secondary N) is 1. The van der Waals surface area contributed by atoms with Crippen molar-refractivity contribution in [2.45, 2.75) is 89.6 Å². The predicted octanol–water partition coefficient (Wildman–Crippen LogP) is 9.53. The highest BCUT2D eigenvalue weighted by Gasteiger charge is 2.35. The number of ether oxygens (including phenoxy) is 4. The van der Waals surface area contributed by atoms with Crippen LogP contribution < -0.4 is 24.3 Å². The van der Waals surface area contributed by atoms with Crippen molar-refractivity contribution in [3.63, 3.8) is 0 Å². The Hall–Kier alpha value is -8.18. The predicted molar refractivity (Wildman–Crippen MR) is 299 cm³/mol. The van der Waals surface area contributed by atoms with Gasteiger partial charge in [0.15, 0.2) is 11.5 Å². The van der Waals surface area contributed by atoms with Crippen molar-refractivity contribution in [3.05, 3.63) is 125 Å². The van der Waals surface area contributed by atoms with Gasteiger partial charge in [-0.3, -0.25) is 43.7 Å². The first-order chi connectivity index (χ1) is 37.8. The number of fused-ring (bicyclic) bond motifs is 4. The zero-order chi connectivity index (χ0) is 54.9. The number of unbranched alkanes of at least 4 members (excludes halogenated alkanes) is 3. The highest BCUT2D eigenvalue weighted by Crippen LogP contribution is 2.41. The highest BCUT2D eigenvalue weighted by atomic mass is 16.5. The van der Waals surface area contributed by atoms with Crippen molar-refractivity contribution < 1.29 is 47.7 Å². The van der Waals surface area contributed by atoms with E-state index in [4.69, 9.17) is 28.9 Å². The van der Waals surface area contributed by atoms with Crippen LogP contribution in [0.25, 0.3) is 11.1 Å². The van der Waals surface area contributed by atoms with Gasteiger partial charge in [-0.05, 0) is 117 Å². The summed E-state index contributed by atoms with van der Waals surface area (Å²) < 4.78 is 23.4. The molecule has 5 aliphatic heterocycles. The van der Waals surface area contributed by atoms with Gasteiger partial charge in [0.2, 0.25) is 5.91 Å². The van der Waals surface area contributed by atoms with Gasteiger partial charge in [0.25, 0.3) is 23.6 Å². The van der Waals surface area contributed by atoms with Crippen LogP contribution in [0.5, 0.6) is 23.0 Å². The van der Waals surface area contributed by atoms with E-state index >= 15 is 0 Å². The molecule has 17 nitrogen and oxygen atoms in total. The molecule has 0 saturated heterocycles. The first-order valence-electron chi connectivity index (χ1n) is 26.8. The number of rotatable bonds is 25. The molecule has 1 N–H and O–H groups in total. The minimum absolute atomic E-state index is 0.0184. The van der Waals surface area contributed by atoms with Crippen LogP contribution in [0.3, 0.4) is 0 Å². The van der Waals surface area contributed by atoms with E-state index in [1.807, 2.05) is 100 Å². The lowest BCUT2D eigenvalue weighted by molar-refractivity contribution is -0.137. The number of hydrogen-bond acceptors (Lipinski definition) is 13. The Morgan fingerprint density at radius 1 is 0.679 bits per heavy atom. The molecule has 5 aliphatic rings. The first kappa shape index (κ1) is 54.6. The molecule has 4 aromatic carbocycles. The monoisotopic (exact) mass is 1060 g/mol. The number of Topliss-reactive ketones (excluding diaryl/α,β-unsaturated/α-hetero) is 1. The third-order valence-corrected chi connectivity index (χ3v) is 14.7. The maximum Gasteiger partial charge on any atom is 0.260 e. The van der Waals surface area contributed by atoms with Crippen molar-refractivity contribution in [2.75, 3.05) is 59.9 Å². The molecule has 0 aromatic heterocycles. The summed E-state index contributed by atoms with van der Waals surface area (Å²) in [6.45, 7) is 3.76. The normalized spacial score (nSPS) is 17.5. The van der Waals surface area contributed by atoms with E-state index in [1.165, 1.54) is 24.2 Å². The van der Waals surface area contributed by atoms with E-state index < -0.39 is 5.92 Å². The quantitative estimate of drug-likeness (QED) is 0.0492. The van der Waals surface area contributed by atoms with Gasteiger partial charge in [0.05, 0.1) is 62.0 Å². The average molecular weight is 1060 g/mol. The number of amides is 5. The summed E-state index contributed by atoms with van der Waals surface area (Å²) in [5.41, 5.74) is 7.30. The van der Waals surface area contributed by atoms with E-state index in [1.54, 1.807) is 35.3 Å². The number of aryl methyl sites for hydroxylation is 1. The van der Waals surface area contributed by atoms with E-state index in [0.29, 0.717) is 117 Å². The molecular weight excluding hydrogens is 991 g/mol. The third-order valence-electron chi connectivity index (χ3n) is 14.7. The Morgan fingerprint density at radius 2 is 1.27 bits per heavy atom. The average Bonchev–Trinajstić information content (AvgIpc) is 4.21. The molecule has 0 fully saturated rings. The Labute approximate surface area is 455 Å². The minimum atomic E-state index is -0.482. The molecule has 17 heteroatoms. The molecule has 0 unspecified atom stereocenters. The van der Waals surface area contributed by atoms with Gasteiger partial charge in [-0.25, -0.2) is 0 Å². The number of imide groups is 1. The topological polar surface area (TPSA) is 189 Å². The fourth-order valence-corrected chi connectivity index (χ4v) is 10.3. The van der Waals surface area contributed by atoms with Gasteiger partial charge in [-0.15, -0.1) is 0 Å². The van der Waals surface area contributed by atoms with E-state index in [0.717, 1.165) is 53.0 Å². The third kappa shape index (κ3) is 12.8. The lowest BCUT2D eigenvalue weighted by Crippen LogP contribution is -2.32. The SMILES string of the molecule is COc1ccc(C2=CN3C(=O)c4cc(C)c(OCCCOc5cc6c(cc5OC)C(=O)N5C=C(c7ccc(NC(=O)[C@H](CCCCN(C)C)CC(=O)CCCCCN8C(=O)C=CC8=O)cc7)C[C@H]5C=N6)cc4N=C[C@@H]3C2)cc1. The summed E-state index contributed by atoms with van der Waals surface area (Å²) in [4.78, 5) is 94.7. The lowest BCUT2D eigenvalue weighted by Gasteiger charge is -2.19. The van der Waals surface area contributed by atoms with Crippen molar-refractivity contribution in [2.24, 2.45) is 15.9 Å². The summed E-state index contributed by atoms with van der Waals surface area (Å²) in [7, 11) is 7.18. The summed E-state index contributed by atoms with van der Waals surface area (Å²) in [5, 5.41) is 3.05. The zero-order valence-electron chi connectivity index (χ0n) is 45.0. The fraction of sp³-hybridized carbons (Fsp3) is 0.377. The molecule has 0 radical (unpaired) electrons. The summed E-state index contributed by atoms with van der Waals surface area (Å²) in [5.74, 6) is 0.655. The van der Waals surface area contributed by atoms with Crippen LogP contribution in [0.4, 0.5) is 17.1 Å². The molecule has 0 aliphatic carbocycles. The minimum Gasteiger partial charge on any atom is -0.497 e. The van der Waals surface area contributed by atoms with Crippen molar-refractivity contribution in [1.82, 2.24) is 19.6 Å². The molecule has 5 heterocycles. The van der Waals surface area contributed by atoms with Crippen LogP contribution in [-0.4, -0.2) is 134 Å². The van der Waals surface area contributed by atoms with Gasteiger partial charge in [0, 0.05) is 99.4 Å². The number of ketones is 1. The maximum absolute atomic E-state index is 14.2. The summed E-state index contributed by atoms with van der Waals surface area (Å²) in [6.07, 6.45) is 16.4. The molecule has 9 rings (SSSR count). The van der Waals surface area contributed by atoms with Gasteiger partial charge in [-0.2, -0.15) is 0 Å². The van der Waals surface area contributed by atoms with E-state index in [2.05, 4.69) is 10.2 Å². The van der Waals surface area contributed by atoms with Crippen LogP contribution in [-0.2, 0) is 19.2 Å². The fourth-order valence-electron chi connectivity index (χ4n) is 10.3. The van der Waals surface area contributed by atoms with E-state index in [-0.39, 0.29) is 53.8 Å². The molecule has 3 atom stereocenters. The molecule has 0 saturated carbocycles. The Morgan fingerprint density at radius 3 is 1.87 bits per heavy atom. The standard InChI is InChI=1S/C61H67N7O10/c1-39-28-50-52(62-35-46-30-44(38-67(46)60(50)73)41-16-20-49(75-4)21-17-41)33-54(39)77-26-11-27-78-56-34-53-51(32-55(56)76-5)61(74)68-37-43(29-47(68)36-63-53)40-14-18-45(19-15-40)64-59(72)42(12-8-10-24-65(2)3)31-48(69)13-7-6-9-25-66-57(70)22-23-58(66)71/h14-23,28,32-38,42,46-47H,6-13,24-27,29-31H2,1-5H3,(H,64,72)/t42-,46+,47+/m1/s1. The number of aliphatic imine (C=N–C) groups is 2. The van der Waals surface area contributed by atoms with Crippen LogP contribution in [0, 0.1) is 12.8 Å². The number of benzene rings is 4. The highest BCUT2D eigenvalue weighted by molar-refractivity contribution is 6.13. The van der Waals surface area contributed by atoms with Gasteiger partial charge in [-0.1, -0.05) is 37.1 Å². The summed E-state index contributed by atoms with van der Waals surface area (Å²) >= 11 is 0. The van der Waals surface area contributed by atoms with Crippen LogP contribution in [0.15, 0.2) is 107 Å². The van der Waals surface area contributed by atoms with Gasteiger partial charge in [0.1, 0.15) is 17.3 Å². The molecule has 5 amide bonds. The maximum atomic E-state index is 14.2. The lowest BCUT2D eigenvalue weighted by atomic mass is 9.93. The van der Waals surface area contributed by atoms with E-state index in [9.17, 15) is 28.8 Å². The second kappa shape index (κ2) is 24.9. The van der Waals surface area contributed by atoms with Crippen LogP contribution >= 0.6 is 0 Å². The Bertz CT molecular complexity index is 3090. The number of carbonyl (C=O) groups is 6. The second-order valence-electron chi connectivity index (χ2n) is 20.5. The Balaban J connectivity index is 0.760. The number of anilines is 1. The zero-order valence-corrected chi connectivity index (χ0v) is 45.0. The van der Waals surface area contributed by atoms with Gasteiger partial charge >= 0.3 is 0 Å². The summed E-state index contributed by atoms with van der Waals surface area (Å²) in [6, 6.07) is 21.9. The molecule has 0 bridgehead atoms. The van der Waals surface area contributed by atoms with Gasteiger partial charge < -0.3 is 39.0 Å². The number of methoxy groups -OCH3 is 2. The molecule has 78 heavy (non-hydrogen) atoms. The number of hydrogen-bond donors (Lipinski definition) is 1. The van der Waals surface area contributed by atoms with Crippen LogP contribution in [0.2, 0.25) is 0 Å². The molecule has 406 valence electrons. The molecule has 4 aromatic rings. The molecular formula is C61H67N7O10. The van der Waals surface area contributed by atoms with Crippen molar-refractivity contribution in [3.8, 4) is 23.0 Å². The van der Waals surface area contributed by atoms with Crippen molar-refractivity contribution in [1.29, 1.82) is 0 Å². The van der Waals surface area contributed by atoms with Crippen molar-refractivity contribution >= 4 is 76.0 Å². The first-order valence-corrected chi connectivity index (χ1v) is 26.8. The van der Waals surface area contributed by atoms with Crippen LogP contribution in [0.1, 0.15) is 108 Å².